The summed E-state index contributed by atoms with van der Waals surface area (Å²) in [7, 11) is 3.98. The lowest BCUT2D eigenvalue weighted by Crippen LogP contribution is -2.39. The summed E-state index contributed by atoms with van der Waals surface area (Å²) in [6.45, 7) is 3.22. The average molecular weight is 467 g/mol. The lowest BCUT2D eigenvalue weighted by atomic mass is 9.93. The van der Waals surface area contributed by atoms with Crippen molar-refractivity contribution in [3.8, 4) is 0 Å². The third-order valence-electron chi connectivity index (χ3n) is 4.08. The van der Waals surface area contributed by atoms with Crippen LogP contribution in [0.4, 0.5) is 0 Å². The number of nitrogens with zero attached hydrogens (tertiary/aromatic N) is 2. The van der Waals surface area contributed by atoms with Crippen molar-refractivity contribution in [2.75, 3.05) is 20.6 Å². The summed E-state index contributed by atoms with van der Waals surface area (Å²) in [6, 6.07) is 20.6. The molecule has 4 nitrogen and oxygen atoms in total. The van der Waals surface area contributed by atoms with Crippen LogP contribution in [0.5, 0.6) is 0 Å². The molecule has 0 heterocycles. The molecule has 2 N–H and O–H groups in total. The summed E-state index contributed by atoms with van der Waals surface area (Å²) in [4.78, 5) is 6.70. The van der Waals surface area contributed by atoms with Crippen LogP contribution >= 0.6 is 24.0 Å². The molecule has 0 saturated heterocycles. The zero-order chi connectivity index (χ0) is 18.1. The average Bonchev–Trinajstić information content (AvgIpc) is 2.61. The summed E-state index contributed by atoms with van der Waals surface area (Å²) < 4.78 is 0. The van der Waals surface area contributed by atoms with E-state index < -0.39 is 0 Å². The monoisotopic (exact) mass is 467 g/mol. The Hall–Kier alpha value is -1.60. The van der Waals surface area contributed by atoms with Crippen molar-refractivity contribution in [1.82, 2.24) is 10.2 Å². The molecule has 0 aromatic heterocycles. The summed E-state index contributed by atoms with van der Waals surface area (Å²) in [5.74, 6) is 1.10. The second-order valence-electron chi connectivity index (χ2n) is 6.59. The van der Waals surface area contributed by atoms with Crippen LogP contribution in [0, 0.1) is 0 Å². The van der Waals surface area contributed by atoms with Gasteiger partial charge >= 0.3 is 0 Å². The van der Waals surface area contributed by atoms with Gasteiger partial charge in [0.1, 0.15) is 0 Å². The minimum atomic E-state index is -0.337. The number of halogens is 1. The number of aliphatic hydroxyl groups excluding tert-OH is 1. The molecule has 2 atom stereocenters. The molecule has 2 rings (SSSR count). The van der Waals surface area contributed by atoms with E-state index in [1.807, 2.05) is 62.3 Å². The molecule has 142 valence electrons. The molecule has 0 fully saturated rings. The number of aliphatic imine (C=N–C) groups is 1. The molecule has 5 heteroatoms. The molecule has 0 radical (unpaired) electrons. The summed E-state index contributed by atoms with van der Waals surface area (Å²) in [5, 5.41) is 13.3. The highest BCUT2D eigenvalue weighted by molar-refractivity contribution is 14.0. The first kappa shape index (κ1) is 22.4. The van der Waals surface area contributed by atoms with Crippen LogP contribution in [-0.2, 0) is 6.54 Å². The Morgan fingerprint density at radius 1 is 1.04 bits per heavy atom. The van der Waals surface area contributed by atoms with Gasteiger partial charge in [-0.1, -0.05) is 60.7 Å². The fraction of sp³-hybridized carbons (Fsp3) is 0.381. The molecule has 0 spiro atoms. The highest BCUT2D eigenvalue weighted by Crippen LogP contribution is 2.20. The van der Waals surface area contributed by atoms with Crippen LogP contribution in [-0.4, -0.2) is 42.7 Å². The summed E-state index contributed by atoms with van der Waals surface area (Å²) in [6.07, 6.45) is 0.382. The predicted octanol–water partition coefficient (Wildman–Crippen LogP) is 3.87. The number of guanidine groups is 1. The van der Waals surface area contributed by atoms with E-state index in [2.05, 4.69) is 29.6 Å². The third kappa shape index (κ3) is 7.74. The molecule has 0 amide bonds. The van der Waals surface area contributed by atoms with Crippen LogP contribution in [0.2, 0.25) is 0 Å². The van der Waals surface area contributed by atoms with Gasteiger partial charge in [-0.2, -0.15) is 0 Å². The van der Waals surface area contributed by atoms with E-state index in [1.54, 1.807) is 0 Å². The molecule has 2 aromatic carbocycles. The number of hydrogen-bond acceptors (Lipinski definition) is 2. The lowest BCUT2D eigenvalue weighted by molar-refractivity contribution is 0.174. The molecular weight excluding hydrogens is 437 g/mol. The van der Waals surface area contributed by atoms with Gasteiger partial charge in [0, 0.05) is 26.6 Å². The third-order valence-corrected chi connectivity index (χ3v) is 4.08. The van der Waals surface area contributed by atoms with Gasteiger partial charge in [0.05, 0.1) is 12.6 Å². The van der Waals surface area contributed by atoms with E-state index in [9.17, 15) is 5.11 Å². The minimum absolute atomic E-state index is 0. The first-order valence-electron chi connectivity index (χ1n) is 8.79. The Morgan fingerprint density at radius 3 is 2.15 bits per heavy atom. The van der Waals surface area contributed by atoms with Gasteiger partial charge in [-0.15, -0.1) is 24.0 Å². The molecule has 2 aromatic rings. The summed E-state index contributed by atoms with van der Waals surface area (Å²) in [5.41, 5.74) is 2.42. The lowest BCUT2D eigenvalue weighted by Gasteiger charge is -2.23. The van der Waals surface area contributed by atoms with Gasteiger partial charge in [0.25, 0.3) is 0 Å². The Kier molecular flexibility index (Phi) is 10.3. The highest BCUT2D eigenvalue weighted by Gasteiger charge is 2.15. The second-order valence-corrected chi connectivity index (χ2v) is 6.59. The molecule has 0 aliphatic heterocycles. The largest absolute Gasteiger partial charge is 0.393 e. The SMILES string of the molecule is CC(O)CC(CNC(=NCc1ccccc1)N(C)C)c1ccccc1.I. The van der Waals surface area contributed by atoms with Gasteiger partial charge in [0.15, 0.2) is 5.96 Å². The van der Waals surface area contributed by atoms with Gasteiger partial charge < -0.3 is 15.3 Å². The van der Waals surface area contributed by atoms with Crippen LogP contribution < -0.4 is 5.32 Å². The molecule has 0 saturated carbocycles. The van der Waals surface area contributed by atoms with E-state index in [0.29, 0.717) is 6.54 Å². The first-order valence-corrected chi connectivity index (χ1v) is 8.79. The van der Waals surface area contributed by atoms with Crippen molar-refractivity contribution in [2.45, 2.75) is 31.9 Å². The van der Waals surface area contributed by atoms with Gasteiger partial charge in [-0.3, -0.25) is 0 Å². The quantitative estimate of drug-likeness (QED) is 0.369. The van der Waals surface area contributed by atoms with Crippen LogP contribution in [0.3, 0.4) is 0 Å². The zero-order valence-corrected chi connectivity index (χ0v) is 18.1. The van der Waals surface area contributed by atoms with Crippen molar-refractivity contribution < 1.29 is 5.11 Å². The molecule has 0 aliphatic carbocycles. The van der Waals surface area contributed by atoms with Crippen LogP contribution in [0.25, 0.3) is 0 Å². The minimum Gasteiger partial charge on any atom is -0.393 e. The van der Waals surface area contributed by atoms with E-state index in [4.69, 9.17) is 4.99 Å². The van der Waals surface area contributed by atoms with Crippen molar-refractivity contribution in [3.05, 3.63) is 71.8 Å². The first-order chi connectivity index (χ1) is 12.1. The molecule has 0 aliphatic rings. The van der Waals surface area contributed by atoms with Crippen molar-refractivity contribution in [1.29, 1.82) is 0 Å². The maximum atomic E-state index is 9.84. The van der Waals surface area contributed by atoms with E-state index in [1.165, 1.54) is 11.1 Å². The number of benzene rings is 2. The fourth-order valence-corrected chi connectivity index (χ4v) is 2.79. The van der Waals surface area contributed by atoms with E-state index in [-0.39, 0.29) is 36.0 Å². The van der Waals surface area contributed by atoms with E-state index >= 15 is 0 Å². The standard InChI is InChI=1S/C21H29N3O.HI/c1-17(25)14-20(19-12-8-5-9-13-19)16-23-21(24(2)3)22-15-18-10-6-4-7-11-18;/h4-13,17,20,25H,14-16H2,1-3H3,(H,22,23);1H. The fourth-order valence-electron chi connectivity index (χ4n) is 2.79. The van der Waals surface area contributed by atoms with Crippen molar-refractivity contribution in [3.63, 3.8) is 0 Å². The Labute approximate surface area is 174 Å². The Balaban J connectivity index is 0.00000338. The second kappa shape index (κ2) is 11.9. The number of hydrogen-bond donors (Lipinski definition) is 2. The highest BCUT2D eigenvalue weighted by atomic mass is 127. The smallest absolute Gasteiger partial charge is 0.193 e. The normalized spacial score (nSPS) is 13.5. The van der Waals surface area contributed by atoms with Crippen LogP contribution in [0.15, 0.2) is 65.7 Å². The Bertz CT molecular complexity index is 645. The van der Waals surface area contributed by atoms with Crippen LogP contribution in [0.1, 0.15) is 30.4 Å². The van der Waals surface area contributed by atoms with Crippen molar-refractivity contribution >= 4 is 29.9 Å². The van der Waals surface area contributed by atoms with E-state index in [0.717, 1.165) is 18.9 Å². The molecule has 0 bridgehead atoms. The number of rotatable bonds is 7. The van der Waals surface area contributed by atoms with Gasteiger partial charge in [0.2, 0.25) is 0 Å². The predicted molar refractivity (Wildman–Crippen MR) is 120 cm³/mol. The molecule has 26 heavy (non-hydrogen) atoms. The van der Waals surface area contributed by atoms with Crippen molar-refractivity contribution in [2.24, 2.45) is 4.99 Å². The maximum absolute atomic E-state index is 9.84. The summed E-state index contributed by atoms with van der Waals surface area (Å²) >= 11 is 0. The number of aliphatic hydroxyl groups is 1. The van der Waals surface area contributed by atoms with Gasteiger partial charge in [-0.25, -0.2) is 4.99 Å². The topological polar surface area (TPSA) is 47.9 Å². The molecule has 2 unspecified atom stereocenters. The van der Waals surface area contributed by atoms with Gasteiger partial charge in [-0.05, 0) is 24.5 Å². The Morgan fingerprint density at radius 2 is 1.62 bits per heavy atom. The molecular formula is C21H30IN3O. The maximum Gasteiger partial charge on any atom is 0.193 e. The number of nitrogens with one attached hydrogen (secondary N) is 1. The zero-order valence-electron chi connectivity index (χ0n) is 15.8.